The summed E-state index contributed by atoms with van der Waals surface area (Å²) < 4.78 is 4.97. The molecule has 1 rings (SSSR count). The standard InChI is InChI=1S/C19H24N4O3S/c1-7-26-18(25)15-8-14(9-20)17(22-12(15)4)27-13(5)16(24)23-19(6,10-21)11(2)3/h8,11,13H,7H2,1-6H3,(H,23,24)/t13-,19+/m1/s1. The van der Waals surface area contributed by atoms with Gasteiger partial charge in [-0.25, -0.2) is 9.78 Å². The van der Waals surface area contributed by atoms with E-state index in [2.05, 4.69) is 16.4 Å². The van der Waals surface area contributed by atoms with Crippen LogP contribution < -0.4 is 5.32 Å². The van der Waals surface area contributed by atoms with E-state index in [1.807, 2.05) is 19.9 Å². The van der Waals surface area contributed by atoms with E-state index in [9.17, 15) is 20.1 Å². The summed E-state index contributed by atoms with van der Waals surface area (Å²) >= 11 is 1.11. The highest BCUT2D eigenvalue weighted by atomic mass is 32.2. The third-order valence-electron chi connectivity index (χ3n) is 4.22. The van der Waals surface area contributed by atoms with Gasteiger partial charge in [-0.05, 0) is 39.7 Å². The zero-order valence-electron chi connectivity index (χ0n) is 16.4. The molecule has 1 aromatic heterocycles. The Labute approximate surface area is 164 Å². The van der Waals surface area contributed by atoms with Crippen molar-refractivity contribution in [1.29, 1.82) is 10.5 Å². The van der Waals surface area contributed by atoms with Crippen molar-refractivity contribution in [2.24, 2.45) is 5.92 Å². The third-order valence-corrected chi connectivity index (χ3v) is 5.32. The predicted molar refractivity (Wildman–Crippen MR) is 102 cm³/mol. The van der Waals surface area contributed by atoms with Crippen LogP contribution in [0.1, 0.15) is 56.2 Å². The fraction of sp³-hybridized carbons (Fsp3) is 0.526. The highest BCUT2D eigenvalue weighted by Gasteiger charge is 2.32. The molecule has 1 aromatic rings. The second-order valence-corrected chi connectivity index (χ2v) is 7.85. The molecule has 1 heterocycles. The maximum absolute atomic E-state index is 12.5. The second-order valence-electron chi connectivity index (χ2n) is 6.52. The molecule has 1 amide bonds. The summed E-state index contributed by atoms with van der Waals surface area (Å²) in [6, 6.07) is 5.57. The minimum Gasteiger partial charge on any atom is -0.462 e. The van der Waals surface area contributed by atoms with E-state index in [-0.39, 0.29) is 29.6 Å². The van der Waals surface area contributed by atoms with Crippen LogP contribution >= 0.6 is 11.8 Å². The molecule has 7 nitrogen and oxygen atoms in total. The van der Waals surface area contributed by atoms with Gasteiger partial charge in [0.15, 0.2) is 0 Å². The summed E-state index contributed by atoms with van der Waals surface area (Å²) in [5.41, 5.74) is -0.139. The lowest BCUT2D eigenvalue weighted by Crippen LogP contribution is -2.51. The Bertz CT molecular complexity index is 810. The van der Waals surface area contributed by atoms with Crippen LogP contribution in [0.3, 0.4) is 0 Å². The molecule has 0 spiro atoms. The number of rotatable bonds is 7. The molecule has 0 aliphatic rings. The average molecular weight is 388 g/mol. The molecule has 27 heavy (non-hydrogen) atoms. The van der Waals surface area contributed by atoms with E-state index < -0.39 is 16.8 Å². The summed E-state index contributed by atoms with van der Waals surface area (Å²) in [6.07, 6.45) is 0. The van der Waals surface area contributed by atoms with Crippen molar-refractivity contribution in [3.8, 4) is 12.1 Å². The summed E-state index contributed by atoms with van der Waals surface area (Å²) in [6.45, 7) is 10.6. The smallest absolute Gasteiger partial charge is 0.340 e. The molecular weight excluding hydrogens is 364 g/mol. The van der Waals surface area contributed by atoms with Crippen molar-refractivity contribution in [2.45, 2.75) is 57.4 Å². The molecule has 0 unspecified atom stereocenters. The van der Waals surface area contributed by atoms with Crippen molar-refractivity contribution < 1.29 is 14.3 Å². The Morgan fingerprint density at radius 1 is 1.37 bits per heavy atom. The molecule has 0 radical (unpaired) electrons. The average Bonchev–Trinajstić information content (AvgIpc) is 2.61. The van der Waals surface area contributed by atoms with Crippen LogP contribution in [0.5, 0.6) is 0 Å². The van der Waals surface area contributed by atoms with Gasteiger partial charge in [0.2, 0.25) is 5.91 Å². The lowest BCUT2D eigenvalue weighted by atomic mass is 9.90. The molecule has 0 aliphatic carbocycles. The van der Waals surface area contributed by atoms with Crippen LogP contribution in [0, 0.1) is 35.5 Å². The maximum atomic E-state index is 12.5. The first-order chi connectivity index (χ1) is 12.6. The fourth-order valence-corrected chi connectivity index (χ4v) is 2.97. The molecule has 0 aliphatic heterocycles. The number of esters is 1. The number of carbonyl (C=O) groups is 2. The number of hydrogen-bond donors (Lipinski definition) is 1. The zero-order chi connectivity index (χ0) is 20.8. The molecule has 0 bridgehead atoms. The van der Waals surface area contributed by atoms with Gasteiger partial charge in [-0.2, -0.15) is 10.5 Å². The molecule has 0 saturated carbocycles. The molecule has 2 atom stereocenters. The van der Waals surface area contributed by atoms with Gasteiger partial charge < -0.3 is 10.1 Å². The summed E-state index contributed by atoms with van der Waals surface area (Å²) in [5, 5.41) is 21.3. The van der Waals surface area contributed by atoms with Gasteiger partial charge in [-0.1, -0.05) is 25.6 Å². The molecule has 1 N–H and O–H groups in total. The number of nitrogens with zero attached hydrogens (tertiary/aromatic N) is 3. The van der Waals surface area contributed by atoms with Gasteiger partial charge in [0, 0.05) is 0 Å². The summed E-state index contributed by atoms with van der Waals surface area (Å²) in [4.78, 5) is 28.8. The van der Waals surface area contributed by atoms with Crippen LogP contribution in [0.15, 0.2) is 11.1 Å². The molecule has 8 heteroatoms. The Balaban J connectivity index is 3.06. The number of nitriles is 2. The number of hydrogen-bond acceptors (Lipinski definition) is 7. The van der Waals surface area contributed by atoms with E-state index in [4.69, 9.17) is 4.74 Å². The molecule has 0 fully saturated rings. The van der Waals surface area contributed by atoms with E-state index in [1.54, 1.807) is 27.7 Å². The quantitative estimate of drug-likeness (QED) is 0.564. The topological polar surface area (TPSA) is 116 Å². The predicted octanol–water partition coefficient (Wildman–Crippen LogP) is 2.97. The van der Waals surface area contributed by atoms with Crippen LogP contribution in [0.25, 0.3) is 0 Å². The number of pyridine rings is 1. The van der Waals surface area contributed by atoms with Crippen molar-refractivity contribution >= 4 is 23.6 Å². The number of aromatic nitrogens is 1. The van der Waals surface area contributed by atoms with Gasteiger partial charge in [0.1, 0.15) is 16.6 Å². The molecule has 144 valence electrons. The van der Waals surface area contributed by atoms with Gasteiger partial charge >= 0.3 is 5.97 Å². The third kappa shape index (κ3) is 5.45. The first-order valence-corrected chi connectivity index (χ1v) is 9.46. The minimum atomic E-state index is -0.985. The number of aryl methyl sites for hydroxylation is 1. The van der Waals surface area contributed by atoms with E-state index >= 15 is 0 Å². The Hall–Kier alpha value is -2.58. The van der Waals surface area contributed by atoms with Crippen molar-refractivity contribution in [1.82, 2.24) is 10.3 Å². The highest BCUT2D eigenvalue weighted by Crippen LogP contribution is 2.28. The summed E-state index contributed by atoms with van der Waals surface area (Å²) in [7, 11) is 0. The Morgan fingerprint density at radius 2 is 2.00 bits per heavy atom. The molecular formula is C19H24N4O3S. The van der Waals surface area contributed by atoms with Gasteiger partial charge in [-0.15, -0.1) is 0 Å². The maximum Gasteiger partial charge on any atom is 0.340 e. The van der Waals surface area contributed by atoms with E-state index in [0.717, 1.165) is 11.8 Å². The lowest BCUT2D eigenvalue weighted by Gasteiger charge is -2.28. The Morgan fingerprint density at radius 3 is 2.48 bits per heavy atom. The van der Waals surface area contributed by atoms with E-state index in [0.29, 0.717) is 10.7 Å². The zero-order valence-corrected chi connectivity index (χ0v) is 17.2. The number of nitrogens with one attached hydrogen (secondary N) is 1. The van der Waals surface area contributed by atoms with Crippen molar-refractivity contribution in [3.63, 3.8) is 0 Å². The fourth-order valence-electron chi connectivity index (χ4n) is 2.05. The van der Waals surface area contributed by atoms with Gasteiger partial charge in [0.05, 0.1) is 34.7 Å². The van der Waals surface area contributed by atoms with Crippen LogP contribution in [0.4, 0.5) is 0 Å². The van der Waals surface area contributed by atoms with Crippen molar-refractivity contribution in [2.75, 3.05) is 6.61 Å². The van der Waals surface area contributed by atoms with Gasteiger partial charge in [-0.3, -0.25) is 4.79 Å². The SMILES string of the molecule is CCOC(=O)c1cc(C#N)c(S[C@H](C)C(=O)N[C@@](C)(C#N)C(C)C)nc1C. The first kappa shape index (κ1) is 22.5. The van der Waals surface area contributed by atoms with Crippen LogP contribution in [0.2, 0.25) is 0 Å². The second kappa shape index (κ2) is 9.38. The largest absolute Gasteiger partial charge is 0.462 e. The normalized spacial score (nSPS) is 13.8. The minimum absolute atomic E-state index is 0.0671. The monoisotopic (exact) mass is 388 g/mol. The van der Waals surface area contributed by atoms with Crippen LogP contribution in [-0.4, -0.2) is 34.3 Å². The Kier molecular flexibility index (Phi) is 7.81. The molecule has 0 aromatic carbocycles. The first-order valence-electron chi connectivity index (χ1n) is 8.58. The number of thioether (sulfide) groups is 1. The highest BCUT2D eigenvalue weighted by molar-refractivity contribution is 8.00. The number of ether oxygens (including phenoxy) is 1. The number of carbonyl (C=O) groups excluding carboxylic acids is 2. The van der Waals surface area contributed by atoms with Crippen LogP contribution in [-0.2, 0) is 9.53 Å². The lowest BCUT2D eigenvalue weighted by molar-refractivity contribution is -0.121. The van der Waals surface area contributed by atoms with Gasteiger partial charge in [0.25, 0.3) is 0 Å². The number of amides is 1. The van der Waals surface area contributed by atoms with E-state index in [1.165, 1.54) is 6.07 Å². The molecule has 0 saturated heterocycles. The summed E-state index contributed by atoms with van der Waals surface area (Å²) in [5.74, 6) is -0.929. The van der Waals surface area contributed by atoms with Crippen molar-refractivity contribution in [3.05, 3.63) is 22.9 Å².